The van der Waals surface area contributed by atoms with Gasteiger partial charge in [0.25, 0.3) is 11.8 Å². The first-order chi connectivity index (χ1) is 11.9. The molecule has 2 amide bonds. The molecule has 1 N–H and O–H groups in total. The number of carbonyl (C=O) groups excluding carboxylic acids is 3. The molecule has 2 aromatic rings. The minimum Gasteiger partial charge on any atom is -0.619 e. The molecule has 0 aliphatic carbocycles. The number of pyridine rings is 1. The van der Waals surface area contributed by atoms with E-state index in [9.17, 15) is 19.6 Å². The van der Waals surface area contributed by atoms with Gasteiger partial charge < -0.3 is 20.2 Å². The molecule has 8 heteroatoms. The number of benzene rings is 1. The molecule has 0 unspecified atom stereocenters. The molecule has 0 atom stereocenters. The summed E-state index contributed by atoms with van der Waals surface area (Å²) in [4.78, 5) is 36.8. The van der Waals surface area contributed by atoms with Crippen LogP contribution in [0.3, 0.4) is 0 Å². The first-order valence-corrected chi connectivity index (χ1v) is 7.34. The Hall–Kier alpha value is -3.42. The summed E-state index contributed by atoms with van der Waals surface area (Å²) < 4.78 is 5.41. The van der Waals surface area contributed by atoms with Gasteiger partial charge in [0.15, 0.2) is 19.0 Å². The van der Waals surface area contributed by atoms with Crippen molar-refractivity contribution in [3.8, 4) is 0 Å². The fraction of sp³-hybridized carbons (Fsp3) is 0.176. The van der Waals surface area contributed by atoms with E-state index in [0.717, 1.165) is 12.4 Å². The molecule has 0 spiro atoms. The maximum atomic E-state index is 11.8. The minimum atomic E-state index is -0.706. The van der Waals surface area contributed by atoms with Crippen molar-refractivity contribution in [1.29, 1.82) is 0 Å². The highest BCUT2D eigenvalue weighted by Gasteiger charge is 2.12. The lowest BCUT2D eigenvalue weighted by Gasteiger charge is -2.11. The highest BCUT2D eigenvalue weighted by atomic mass is 16.5. The third-order valence-electron chi connectivity index (χ3n) is 3.19. The number of carbonyl (C=O) groups is 3. The van der Waals surface area contributed by atoms with Gasteiger partial charge in [0.2, 0.25) is 0 Å². The van der Waals surface area contributed by atoms with Gasteiger partial charge >= 0.3 is 5.97 Å². The molecule has 0 bridgehead atoms. The first-order valence-electron chi connectivity index (χ1n) is 7.34. The van der Waals surface area contributed by atoms with Crippen LogP contribution in [0.1, 0.15) is 20.7 Å². The van der Waals surface area contributed by atoms with Crippen molar-refractivity contribution in [2.45, 2.75) is 0 Å². The molecule has 0 saturated heterocycles. The van der Waals surface area contributed by atoms with Crippen molar-refractivity contribution in [2.24, 2.45) is 0 Å². The topological polar surface area (TPSA) is 103 Å². The minimum absolute atomic E-state index is 0.144. The molecule has 1 aromatic carbocycles. The Morgan fingerprint density at radius 2 is 1.64 bits per heavy atom. The Bertz CT molecular complexity index is 770. The Kier molecular flexibility index (Phi) is 5.67. The maximum Gasteiger partial charge on any atom is 0.339 e. The Labute approximate surface area is 144 Å². The van der Waals surface area contributed by atoms with Crippen LogP contribution < -0.4 is 10.0 Å². The summed E-state index contributed by atoms with van der Waals surface area (Å²) in [6.45, 7) is -0.469. The molecule has 0 fully saturated rings. The number of esters is 1. The second kappa shape index (κ2) is 7.91. The van der Waals surface area contributed by atoms with E-state index < -0.39 is 18.5 Å². The highest BCUT2D eigenvalue weighted by molar-refractivity contribution is 5.97. The maximum absolute atomic E-state index is 11.8. The number of nitrogens with zero attached hydrogens (tertiary/aromatic N) is 2. The standard InChI is InChI=1S/C17H17N3O5/c1-19(2)16(22)12-3-5-14(6-4-12)18-15(21)11-25-17(23)13-7-9-20(24)10-8-13/h3-10H,11H2,1-2H3,(H,18,21). The molecule has 0 aliphatic rings. The molecule has 25 heavy (non-hydrogen) atoms. The van der Waals surface area contributed by atoms with Crippen molar-refractivity contribution in [3.63, 3.8) is 0 Å². The zero-order valence-corrected chi connectivity index (χ0v) is 13.8. The van der Waals surface area contributed by atoms with Gasteiger partial charge in [-0.1, -0.05) is 0 Å². The van der Waals surface area contributed by atoms with Crippen LogP contribution in [0.4, 0.5) is 5.69 Å². The van der Waals surface area contributed by atoms with Gasteiger partial charge in [0.05, 0.1) is 5.56 Å². The molecule has 2 rings (SSSR count). The summed E-state index contributed by atoms with van der Waals surface area (Å²) in [6, 6.07) is 8.95. The highest BCUT2D eigenvalue weighted by Crippen LogP contribution is 2.11. The van der Waals surface area contributed by atoms with Crippen LogP contribution >= 0.6 is 0 Å². The largest absolute Gasteiger partial charge is 0.619 e. The summed E-state index contributed by atoms with van der Waals surface area (Å²) in [5, 5.41) is 13.5. The van der Waals surface area contributed by atoms with Crippen LogP contribution in [0.25, 0.3) is 0 Å². The van der Waals surface area contributed by atoms with E-state index in [2.05, 4.69) is 5.32 Å². The van der Waals surface area contributed by atoms with Crippen molar-refractivity contribution < 1.29 is 23.9 Å². The quantitative estimate of drug-likeness (QED) is 0.492. The predicted molar refractivity (Wildman–Crippen MR) is 88.8 cm³/mol. The Morgan fingerprint density at radius 1 is 1.04 bits per heavy atom. The molecule has 130 valence electrons. The average molecular weight is 343 g/mol. The zero-order chi connectivity index (χ0) is 18.4. The molecular formula is C17H17N3O5. The van der Waals surface area contributed by atoms with E-state index in [4.69, 9.17) is 4.74 Å². The zero-order valence-electron chi connectivity index (χ0n) is 13.8. The third-order valence-corrected chi connectivity index (χ3v) is 3.19. The van der Waals surface area contributed by atoms with Crippen molar-refractivity contribution in [2.75, 3.05) is 26.0 Å². The molecular weight excluding hydrogens is 326 g/mol. The number of aromatic nitrogens is 1. The van der Waals surface area contributed by atoms with E-state index in [0.29, 0.717) is 16.0 Å². The fourth-order valence-corrected chi connectivity index (χ4v) is 1.91. The summed E-state index contributed by atoms with van der Waals surface area (Å²) >= 11 is 0. The summed E-state index contributed by atoms with van der Waals surface area (Å²) in [5.41, 5.74) is 1.14. The number of ether oxygens (including phenoxy) is 1. The van der Waals surface area contributed by atoms with Crippen molar-refractivity contribution >= 4 is 23.5 Å². The van der Waals surface area contributed by atoms with Crippen LogP contribution in [0.2, 0.25) is 0 Å². The van der Waals surface area contributed by atoms with Gasteiger partial charge in [0, 0.05) is 37.5 Å². The van der Waals surface area contributed by atoms with Crippen LogP contribution in [0.5, 0.6) is 0 Å². The molecule has 0 saturated carbocycles. The van der Waals surface area contributed by atoms with E-state index in [-0.39, 0.29) is 11.5 Å². The van der Waals surface area contributed by atoms with Gasteiger partial charge in [0.1, 0.15) is 0 Å². The monoisotopic (exact) mass is 343 g/mol. The van der Waals surface area contributed by atoms with Gasteiger partial charge in [-0.25, -0.2) is 4.79 Å². The SMILES string of the molecule is CN(C)C(=O)c1ccc(NC(=O)COC(=O)c2cc[n+]([O-])cc2)cc1. The lowest BCUT2D eigenvalue weighted by molar-refractivity contribution is -0.605. The van der Waals surface area contributed by atoms with E-state index in [1.165, 1.54) is 17.0 Å². The van der Waals surface area contributed by atoms with E-state index in [1.807, 2.05) is 0 Å². The Balaban J connectivity index is 1.86. The molecule has 8 nitrogen and oxygen atoms in total. The Morgan fingerprint density at radius 3 is 2.20 bits per heavy atom. The second-order valence-corrected chi connectivity index (χ2v) is 5.35. The van der Waals surface area contributed by atoms with Crippen molar-refractivity contribution in [3.05, 3.63) is 65.1 Å². The molecule has 0 radical (unpaired) electrons. The smallest absolute Gasteiger partial charge is 0.339 e. The van der Waals surface area contributed by atoms with Crippen LogP contribution in [0, 0.1) is 5.21 Å². The van der Waals surface area contributed by atoms with Gasteiger partial charge in [-0.3, -0.25) is 9.59 Å². The molecule has 0 aliphatic heterocycles. The number of nitrogens with one attached hydrogen (secondary N) is 1. The van der Waals surface area contributed by atoms with Crippen LogP contribution in [0.15, 0.2) is 48.8 Å². The van der Waals surface area contributed by atoms with Gasteiger partial charge in [-0.2, -0.15) is 4.73 Å². The fourth-order valence-electron chi connectivity index (χ4n) is 1.91. The second-order valence-electron chi connectivity index (χ2n) is 5.35. The van der Waals surface area contributed by atoms with Crippen molar-refractivity contribution in [1.82, 2.24) is 4.90 Å². The normalized spacial score (nSPS) is 10.0. The van der Waals surface area contributed by atoms with Gasteiger partial charge in [-0.15, -0.1) is 0 Å². The van der Waals surface area contributed by atoms with E-state index >= 15 is 0 Å². The number of amides is 2. The number of anilines is 1. The predicted octanol–water partition coefficient (Wildman–Crippen LogP) is 0.817. The molecule has 1 heterocycles. The third kappa shape index (κ3) is 5.03. The average Bonchev–Trinajstić information content (AvgIpc) is 2.60. The van der Waals surface area contributed by atoms with Crippen LogP contribution in [-0.2, 0) is 9.53 Å². The van der Waals surface area contributed by atoms with Crippen LogP contribution in [-0.4, -0.2) is 43.4 Å². The number of hydrogen-bond donors (Lipinski definition) is 1. The summed E-state index contributed by atoms with van der Waals surface area (Å²) in [6.07, 6.45) is 2.32. The van der Waals surface area contributed by atoms with Gasteiger partial charge in [-0.05, 0) is 24.3 Å². The summed E-state index contributed by atoms with van der Waals surface area (Å²) in [5.74, 6) is -1.37. The van der Waals surface area contributed by atoms with E-state index in [1.54, 1.807) is 38.4 Å². The lowest BCUT2D eigenvalue weighted by atomic mass is 10.2. The molecule has 1 aromatic heterocycles. The lowest BCUT2D eigenvalue weighted by Crippen LogP contribution is -2.25. The number of rotatable bonds is 5. The first kappa shape index (κ1) is 17.9. The number of hydrogen-bond acceptors (Lipinski definition) is 5. The summed E-state index contributed by atoms with van der Waals surface area (Å²) in [7, 11) is 3.30.